The summed E-state index contributed by atoms with van der Waals surface area (Å²) in [6.07, 6.45) is 0.494. The third-order valence-corrected chi connectivity index (χ3v) is 4.72. The summed E-state index contributed by atoms with van der Waals surface area (Å²) in [5.41, 5.74) is 3.03. The number of hydrogen-bond donors (Lipinski definition) is 1. The Balaban J connectivity index is 1.62. The van der Waals surface area contributed by atoms with Crippen molar-refractivity contribution in [3.63, 3.8) is 0 Å². The largest absolute Gasteiger partial charge is 0.418 e. The van der Waals surface area contributed by atoms with Crippen molar-refractivity contribution in [2.45, 2.75) is 19.3 Å². The van der Waals surface area contributed by atoms with Gasteiger partial charge in [0, 0.05) is 37.1 Å². The number of para-hydroxylation sites is 1. The maximum absolute atomic E-state index is 13.3. The van der Waals surface area contributed by atoms with E-state index in [1.54, 1.807) is 24.5 Å². The van der Waals surface area contributed by atoms with Crippen molar-refractivity contribution in [3.8, 4) is 11.1 Å². The zero-order valence-electron chi connectivity index (χ0n) is 15.4. The molecule has 2 aromatic carbocycles. The van der Waals surface area contributed by atoms with E-state index in [0.29, 0.717) is 18.5 Å². The zero-order valence-corrected chi connectivity index (χ0v) is 15.4. The molecule has 0 amide bonds. The fourth-order valence-corrected chi connectivity index (χ4v) is 3.36. The Hall–Kier alpha value is -3.25. The first-order valence-corrected chi connectivity index (χ1v) is 9.16. The molecule has 0 atom stereocenters. The van der Waals surface area contributed by atoms with Crippen LogP contribution in [0.4, 0.5) is 13.2 Å². The number of benzene rings is 2. The van der Waals surface area contributed by atoms with Crippen LogP contribution in [0.1, 0.15) is 16.7 Å². The van der Waals surface area contributed by atoms with Gasteiger partial charge < -0.3 is 5.32 Å². The fraction of sp³-hybridized carbons (Fsp3) is 0.130. The van der Waals surface area contributed by atoms with Crippen LogP contribution in [0.5, 0.6) is 0 Å². The van der Waals surface area contributed by atoms with E-state index in [4.69, 9.17) is 0 Å². The van der Waals surface area contributed by atoms with Crippen LogP contribution >= 0.6 is 0 Å². The number of alkyl halides is 3. The second kappa shape index (κ2) is 8.01. The van der Waals surface area contributed by atoms with Gasteiger partial charge in [0.1, 0.15) is 0 Å². The molecule has 0 unspecified atom stereocenters. The van der Waals surface area contributed by atoms with Gasteiger partial charge in [-0.2, -0.15) is 13.2 Å². The minimum Gasteiger partial charge on any atom is -0.309 e. The van der Waals surface area contributed by atoms with Crippen LogP contribution < -0.4 is 5.32 Å². The van der Waals surface area contributed by atoms with Gasteiger partial charge in [0.2, 0.25) is 0 Å². The maximum atomic E-state index is 13.3. The molecule has 4 aromatic rings. The summed E-state index contributed by atoms with van der Waals surface area (Å²) in [6.45, 7) is 1.35. The Morgan fingerprint density at radius 1 is 0.793 bits per heavy atom. The number of hydrogen-bond acceptors (Lipinski definition) is 3. The monoisotopic (exact) mass is 393 g/mol. The van der Waals surface area contributed by atoms with Gasteiger partial charge in [-0.25, -0.2) is 0 Å². The Labute approximate surface area is 166 Å². The van der Waals surface area contributed by atoms with E-state index in [1.165, 1.54) is 12.3 Å². The lowest BCUT2D eigenvalue weighted by Crippen LogP contribution is -2.12. The first-order chi connectivity index (χ1) is 14.0. The van der Waals surface area contributed by atoms with Crippen molar-refractivity contribution in [1.82, 2.24) is 15.3 Å². The molecule has 6 heteroatoms. The highest BCUT2D eigenvalue weighted by Crippen LogP contribution is 2.36. The van der Waals surface area contributed by atoms with Crippen molar-refractivity contribution in [2.75, 3.05) is 0 Å². The van der Waals surface area contributed by atoms with Crippen LogP contribution in [0.25, 0.3) is 22.0 Å². The molecule has 0 aliphatic heterocycles. The van der Waals surface area contributed by atoms with Crippen molar-refractivity contribution < 1.29 is 13.2 Å². The molecule has 0 radical (unpaired) electrons. The van der Waals surface area contributed by atoms with E-state index in [0.717, 1.165) is 28.3 Å². The van der Waals surface area contributed by atoms with Gasteiger partial charge >= 0.3 is 6.18 Å². The van der Waals surface area contributed by atoms with E-state index in [9.17, 15) is 13.2 Å². The molecule has 146 valence electrons. The number of nitrogens with zero attached hydrogens (tertiary/aromatic N) is 2. The third-order valence-electron chi connectivity index (χ3n) is 4.72. The Morgan fingerprint density at radius 3 is 2.34 bits per heavy atom. The summed E-state index contributed by atoms with van der Waals surface area (Å²) in [5, 5.41) is 3.86. The minimum atomic E-state index is -4.44. The van der Waals surface area contributed by atoms with Crippen molar-refractivity contribution in [1.29, 1.82) is 0 Å². The van der Waals surface area contributed by atoms with Crippen LogP contribution in [-0.4, -0.2) is 9.97 Å². The quantitative estimate of drug-likeness (QED) is 0.479. The molecule has 0 saturated carbocycles. The number of halogens is 3. The van der Waals surface area contributed by atoms with Crippen LogP contribution in [0.3, 0.4) is 0 Å². The molecular weight excluding hydrogens is 375 g/mol. The number of aromatic nitrogens is 2. The number of fused-ring (bicyclic) bond motifs is 1. The Kier molecular flexibility index (Phi) is 5.27. The fourth-order valence-electron chi connectivity index (χ4n) is 3.36. The van der Waals surface area contributed by atoms with Gasteiger partial charge in [0.25, 0.3) is 0 Å². The maximum Gasteiger partial charge on any atom is 0.418 e. The zero-order chi connectivity index (χ0) is 20.3. The Morgan fingerprint density at radius 2 is 1.55 bits per heavy atom. The van der Waals surface area contributed by atoms with Gasteiger partial charge in [0.05, 0.1) is 11.1 Å². The van der Waals surface area contributed by atoms with Crippen LogP contribution in [0.15, 0.2) is 79.3 Å². The van der Waals surface area contributed by atoms with E-state index in [-0.39, 0.29) is 5.52 Å². The molecule has 2 heterocycles. The number of nitrogens with one attached hydrogen (secondary N) is 1. The molecule has 29 heavy (non-hydrogen) atoms. The summed E-state index contributed by atoms with van der Waals surface area (Å²) in [5.74, 6) is 0. The molecule has 0 bridgehead atoms. The smallest absolute Gasteiger partial charge is 0.309 e. The van der Waals surface area contributed by atoms with Crippen molar-refractivity contribution >= 4 is 10.9 Å². The Bertz CT molecular complexity index is 1120. The molecule has 0 saturated heterocycles. The number of rotatable bonds is 5. The molecule has 3 nitrogen and oxygen atoms in total. The van der Waals surface area contributed by atoms with Crippen molar-refractivity contribution in [3.05, 3.63) is 95.9 Å². The molecule has 1 N–H and O–H groups in total. The minimum absolute atomic E-state index is 0.0290. The molecule has 0 aliphatic carbocycles. The van der Waals surface area contributed by atoms with Gasteiger partial charge in [-0.15, -0.1) is 0 Å². The van der Waals surface area contributed by atoms with Gasteiger partial charge in [0.15, 0.2) is 0 Å². The summed E-state index contributed by atoms with van der Waals surface area (Å²) >= 11 is 0. The summed E-state index contributed by atoms with van der Waals surface area (Å²) in [4.78, 5) is 8.00. The van der Waals surface area contributed by atoms with E-state index in [2.05, 4.69) is 15.3 Å². The molecule has 2 aromatic heterocycles. The molecule has 0 spiro atoms. The van der Waals surface area contributed by atoms with Crippen LogP contribution in [0.2, 0.25) is 0 Å². The van der Waals surface area contributed by atoms with E-state index in [1.807, 2.05) is 36.4 Å². The third kappa shape index (κ3) is 4.27. The normalized spacial score (nSPS) is 11.7. The lowest BCUT2D eigenvalue weighted by molar-refractivity contribution is -0.136. The predicted octanol–water partition coefficient (Wildman–Crippen LogP) is 5.61. The summed E-state index contributed by atoms with van der Waals surface area (Å²) < 4.78 is 40.0. The highest BCUT2D eigenvalue weighted by molar-refractivity contribution is 5.96. The second-order valence-corrected chi connectivity index (χ2v) is 6.72. The van der Waals surface area contributed by atoms with E-state index >= 15 is 0 Å². The predicted molar refractivity (Wildman–Crippen MR) is 107 cm³/mol. The van der Waals surface area contributed by atoms with E-state index < -0.39 is 11.7 Å². The summed E-state index contributed by atoms with van der Waals surface area (Å²) in [7, 11) is 0. The summed E-state index contributed by atoms with van der Waals surface area (Å²) in [6, 6.07) is 17.6. The number of pyridine rings is 2. The standard InChI is InChI=1S/C23H18F3N3/c24-23(25,26)21-6-2-5-20-19(9-12-29-22(20)21)18-4-1-3-17(13-18)15-28-14-16-7-10-27-11-8-16/h1-13,28H,14-15H2. The average Bonchev–Trinajstić information content (AvgIpc) is 2.73. The SMILES string of the molecule is FC(F)(F)c1cccc2c(-c3cccc(CNCc4ccncc4)c3)ccnc12. The van der Waals surface area contributed by atoms with Crippen molar-refractivity contribution in [2.24, 2.45) is 0 Å². The first-order valence-electron chi connectivity index (χ1n) is 9.16. The lowest BCUT2D eigenvalue weighted by Gasteiger charge is -2.13. The molecule has 0 fully saturated rings. The molecule has 4 rings (SSSR count). The van der Waals surface area contributed by atoms with Gasteiger partial charge in [-0.05, 0) is 52.6 Å². The van der Waals surface area contributed by atoms with Crippen LogP contribution in [-0.2, 0) is 19.3 Å². The molecular formula is C23H18F3N3. The highest BCUT2D eigenvalue weighted by atomic mass is 19.4. The van der Waals surface area contributed by atoms with Gasteiger partial charge in [-0.1, -0.05) is 30.3 Å². The average molecular weight is 393 g/mol. The first kappa shape index (κ1) is 19.1. The van der Waals surface area contributed by atoms with Crippen LogP contribution in [0, 0.1) is 0 Å². The highest BCUT2D eigenvalue weighted by Gasteiger charge is 2.33. The topological polar surface area (TPSA) is 37.8 Å². The molecule has 0 aliphatic rings. The lowest BCUT2D eigenvalue weighted by atomic mass is 9.98. The van der Waals surface area contributed by atoms with Gasteiger partial charge in [-0.3, -0.25) is 9.97 Å². The second-order valence-electron chi connectivity index (χ2n) is 6.72.